The molecule has 0 aromatic heterocycles. The summed E-state index contributed by atoms with van der Waals surface area (Å²) < 4.78 is 10.6. The number of hydrogen-bond acceptors (Lipinski definition) is 4. The molecule has 1 saturated heterocycles. The zero-order valence-electron chi connectivity index (χ0n) is 13.6. The van der Waals surface area contributed by atoms with E-state index in [2.05, 4.69) is 0 Å². The molecule has 0 saturated carbocycles. The van der Waals surface area contributed by atoms with Crippen molar-refractivity contribution < 1.29 is 19.1 Å². The number of carbonyl (C=O) groups excluding carboxylic acids is 2. The zero-order chi connectivity index (χ0) is 16.3. The minimum Gasteiger partial charge on any atom is -0.497 e. The van der Waals surface area contributed by atoms with Crippen LogP contribution in [0.15, 0.2) is 24.3 Å². The molecule has 1 fully saturated rings. The minimum atomic E-state index is -0.553. The van der Waals surface area contributed by atoms with Gasteiger partial charge in [-0.05, 0) is 38.5 Å². The first kappa shape index (κ1) is 16.3. The number of rotatable bonds is 2. The monoisotopic (exact) mass is 305 g/mol. The van der Waals surface area contributed by atoms with Crippen molar-refractivity contribution in [3.8, 4) is 5.75 Å². The molecule has 1 heterocycles. The highest BCUT2D eigenvalue weighted by molar-refractivity contribution is 5.82. The lowest BCUT2D eigenvalue weighted by atomic mass is 9.94. The Morgan fingerprint density at radius 1 is 1.23 bits per heavy atom. The number of ether oxygens (including phenoxy) is 2. The van der Waals surface area contributed by atoms with Crippen molar-refractivity contribution in [1.82, 2.24) is 4.90 Å². The third-order valence-corrected chi connectivity index (χ3v) is 3.56. The molecule has 0 aliphatic carbocycles. The molecule has 0 bridgehead atoms. The lowest BCUT2D eigenvalue weighted by Crippen LogP contribution is -2.43. The van der Waals surface area contributed by atoms with Gasteiger partial charge < -0.3 is 14.4 Å². The van der Waals surface area contributed by atoms with Crippen LogP contribution in [0.5, 0.6) is 5.75 Å². The maximum atomic E-state index is 12.4. The SMILES string of the molecule is COc1ccc([C@H]2CC(=O)CCN2C(=O)OC(C)(C)C)cc1. The molecule has 1 aliphatic heterocycles. The van der Waals surface area contributed by atoms with Gasteiger partial charge in [0.1, 0.15) is 17.1 Å². The lowest BCUT2D eigenvalue weighted by molar-refractivity contribution is -0.123. The van der Waals surface area contributed by atoms with E-state index in [9.17, 15) is 9.59 Å². The van der Waals surface area contributed by atoms with Crippen LogP contribution in [0.3, 0.4) is 0 Å². The van der Waals surface area contributed by atoms with Crippen molar-refractivity contribution in [2.75, 3.05) is 13.7 Å². The Hall–Kier alpha value is -2.04. The van der Waals surface area contributed by atoms with Crippen LogP contribution in [0.1, 0.15) is 45.2 Å². The third-order valence-electron chi connectivity index (χ3n) is 3.56. The molecular formula is C17H23NO4. The molecule has 2 rings (SSSR count). The normalized spacial score (nSPS) is 19.0. The summed E-state index contributed by atoms with van der Waals surface area (Å²) in [7, 11) is 1.60. The second-order valence-corrected chi connectivity index (χ2v) is 6.46. The van der Waals surface area contributed by atoms with Gasteiger partial charge in [-0.3, -0.25) is 4.79 Å². The molecule has 1 amide bonds. The van der Waals surface area contributed by atoms with E-state index < -0.39 is 5.60 Å². The van der Waals surface area contributed by atoms with Crippen molar-refractivity contribution >= 4 is 11.9 Å². The molecule has 0 spiro atoms. The summed E-state index contributed by atoms with van der Waals surface area (Å²) in [5.41, 5.74) is 0.364. The molecule has 0 radical (unpaired) electrons. The van der Waals surface area contributed by atoms with Crippen LogP contribution in [0, 0.1) is 0 Å². The Morgan fingerprint density at radius 2 is 1.86 bits per heavy atom. The Kier molecular flexibility index (Phi) is 4.74. The summed E-state index contributed by atoms with van der Waals surface area (Å²) in [6, 6.07) is 7.17. The topological polar surface area (TPSA) is 55.8 Å². The number of likely N-dealkylation sites (tertiary alicyclic amines) is 1. The fourth-order valence-electron chi connectivity index (χ4n) is 2.49. The smallest absolute Gasteiger partial charge is 0.410 e. The van der Waals surface area contributed by atoms with E-state index >= 15 is 0 Å². The van der Waals surface area contributed by atoms with Gasteiger partial charge in [-0.1, -0.05) is 12.1 Å². The van der Waals surface area contributed by atoms with E-state index in [0.29, 0.717) is 19.4 Å². The van der Waals surface area contributed by atoms with Crippen LogP contribution in [0.4, 0.5) is 4.79 Å². The van der Waals surface area contributed by atoms with E-state index in [-0.39, 0.29) is 17.9 Å². The van der Waals surface area contributed by atoms with Crippen LogP contribution in [0.2, 0.25) is 0 Å². The molecular weight excluding hydrogens is 282 g/mol. The molecule has 1 atom stereocenters. The fraction of sp³-hybridized carbons (Fsp3) is 0.529. The van der Waals surface area contributed by atoms with Crippen molar-refractivity contribution in [2.24, 2.45) is 0 Å². The number of piperidine rings is 1. The average Bonchev–Trinajstić information content (AvgIpc) is 2.45. The van der Waals surface area contributed by atoms with Gasteiger partial charge in [-0.15, -0.1) is 0 Å². The lowest BCUT2D eigenvalue weighted by Gasteiger charge is -2.36. The Bertz CT molecular complexity index is 545. The van der Waals surface area contributed by atoms with Crippen LogP contribution in [-0.4, -0.2) is 36.0 Å². The Labute approximate surface area is 131 Å². The van der Waals surface area contributed by atoms with Crippen LogP contribution in [0.25, 0.3) is 0 Å². The molecule has 120 valence electrons. The molecule has 5 heteroatoms. The van der Waals surface area contributed by atoms with E-state index in [1.807, 2.05) is 45.0 Å². The summed E-state index contributed by atoms with van der Waals surface area (Å²) in [6.07, 6.45) is 0.332. The first-order chi connectivity index (χ1) is 10.3. The summed E-state index contributed by atoms with van der Waals surface area (Å²) in [5.74, 6) is 0.912. The minimum absolute atomic E-state index is 0.167. The predicted octanol–water partition coefficient (Wildman–Crippen LogP) is 3.34. The number of hydrogen-bond donors (Lipinski definition) is 0. The molecule has 1 aromatic rings. The highest BCUT2D eigenvalue weighted by Gasteiger charge is 2.34. The number of benzene rings is 1. The standard InChI is InChI=1S/C17H23NO4/c1-17(2,3)22-16(20)18-10-9-13(19)11-15(18)12-5-7-14(21-4)8-6-12/h5-8,15H,9-11H2,1-4H3/t15-/m1/s1. The second kappa shape index (κ2) is 6.38. The fourth-order valence-corrected chi connectivity index (χ4v) is 2.49. The predicted molar refractivity (Wildman–Crippen MR) is 82.9 cm³/mol. The van der Waals surface area contributed by atoms with Gasteiger partial charge in [0.2, 0.25) is 0 Å². The molecule has 0 N–H and O–H groups in total. The Balaban J connectivity index is 2.22. The van der Waals surface area contributed by atoms with E-state index in [0.717, 1.165) is 11.3 Å². The highest BCUT2D eigenvalue weighted by atomic mass is 16.6. The molecule has 1 aliphatic rings. The van der Waals surface area contributed by atoms with Crippen LogP contribution in [-0.2, 0) is 9.53 Å². The number of carbonyl (C=O) groups is 2. The van der Waals surface area contributed by atoms with Crippen molar-refractivity contribution in [2.45, 2.75) is 45.3 Å². The number of amides is 1. The van der Waals surface area contributed by atoms with Gasteiger partial charge in [-0.25, -0.2) is 4.79 Å². The number of ketones is 1. The van der Waals surface area contributed by atoms with Gasteiger partial charge >= 0.3 is 6.09 Å². The first-order valence-corrected chi connectivity index (χ1v) is 7.45. The summed E-state index contributed by atoms with van der Waals surface area (Å²) >= 11 is 0. The van der Waals surface area contributed by atoms with Gasteiger partial charge in [0.05, 0.1) is 13.2 Å². The average molecular weight is 305 g/mol. The summed E-state index contributed by atoms with van der Waals surface area (Å²) in [5, 5.41) is 0. The number of methoxy groups -OCH3 is 1. The van der Waals surface area contributed by atoms with Crippen LogP contribution >= 0.6 is 0 Å². The molecule has 0 unspecified atom stereocenters. The first-order valence-electron chi connectivity index (χ1n) is 7.45. The molecule has 1 aromatic carbocycles. The van der Waals surface area contributed by atoms with Gasteiger partial charge in [0, 0.05) is 19.4 Å². The molecule has 22 heavy (non-hydrogen) atoms. The van der Waals surface area contributed by atoms with Crippen molar-refractivity contribution in [3.05, 3.63) is 29.8 Å². The quantitative estimate of drug-likeness (QED) is 0.841. The highest BCUT2D eigenvalue weighted by Crippen LogP contribution is 2.31. The van der Waals surface area contributed by atoms with Gasteiger partial charge in [0.15, 0.2) is 0 Å². The van der Waals surface area contributed by atoms with E-state index in [1.165, 1.54) is 0 Å². The zero-order valence-corrected chi connectivity index (χ0v) is 13.6. The van der Waals surface area contributed by atoms with Crippen molar-refractivity contribution in [3.63, 3.8) is 0 Å². The van der Waals surface area contributed by atoms with Crippen LogP contribution < -0.4 is 4.74 Å². The van der Waals surface area contributed by atoms with E-state index in [1.54, 1.807) is 12.0 Å². The maximum absolute atomic E-state index is 12.4. The van der Waals surface area contributed by atoms with Gasteiger partial charge in [-0.2, -0.15) is 0 Å². The summed E-state index contributed by atoms with van der Waals surface area (Å²) in [4.78, 5) is 25.9. The van der Waals surface area contributed by atoms with Gasteiger partial charge in [0.25, 0.3) is 0 Å². The third kappa shape index (κ3) is 4.00. The Morgan fingerprint density at radius 3 is 2.41 bits per heavy atom. The second-order valence-electron chi connectivity index (χ2n) is 6.46. The number of nitrogens with zero attached hydrogens (tertiary/aromatic N) is 1. The van der Waals surface area contributed by atoms with Crippen molar-refractivity contribution in [1.29, 1.82) is 0 Å². The summed E-state index contributed by atoms with van der Waals surface area (Å²) in [6.45, 7) is 5.90. The van der Waals surface area contributed by atoms with E-state index in [4.69, 9.17) is 9.47 Å². The largest absolute Gasteiger partial charge is 0.497 e. The molecule has 5 nitrogen and oxygen atoms in total. The maximum Gasteiger partial charge on any atom is 0.410 e. The number of Topliss-reactive ketones (excluding diaryl/α,β-unsaturated/α-hetero) is 1.